The van der Waals surface area contributed by atoms with E-state index in [1.165, 1.54) is 7.11 Å². The highest BCUT2D eigenvalue weighted by Gasteiger charge is 2.32. The van der Waals surface area contributed by atoms with E-state index in [4.69, 9.17) is 14.6 Å². The van der Waals surface area contributed by atoms with Gasteiger partial charge in [-0.3, -0.25) is 9.59 Å². The van der Waals surface area contributed by atoms with Crippen LogP contribution in [0.2, 0.25) is 0 Å². The Morgan fingerprint density at radius 2 is 1.56 bits per heavy atom. The number of carboxylic acid groups (broad SMARTS) is 1. The molecule has 34 heavy (non-hydrogen) atoms. The summed E-state index contributed by atoms with van der Waals surface area (Å²) in [5.41, 5.74) is 3.73. The van der Waals surface area contributed by atoms with E-state index >= 15 is 0 Å². The highest BCUT2D eigenvalue weighted by molar-refractivity contribution is 5.86. The van der Waals surface area contributed by atoms with E-state index in [1.807, 2.05) is 36.4 Å². The Labute approximate surface area is 199 Å². The van der Waals surface area contributed by atoms with Gasteiger partial charge in [0.2, 0.25) is 5.91 Å². The van der Waals surface area contributed by atoms with Crippen molar-refractivity contribution in [3.05, 3.63) is 59.7 Å². The maximum absolute atomic E-state index is 12.8. The second-order valence-corrected chi connectivity index (χ2v) is 9.20. The van der Waals surface area contributed by atoms with Crippen molar-refractivity contribution in [2.45, 2.75) is 57.2 Å². The molecule has 1 aliphatic rings. The number of hydrogen-bond acceptors (Lipinski definition) is 5. The van der Waals surface area contributed by atoms with E-state index in [1.54, 1.807) is 20.8 Å². The van der Waals surface area contributed by atoms with Crippen LogP contribution >= 0.6 is 0 Å². The summed E-state index contributed by atoms with van der Waals surface area (Å²) < 4.78 is 11.0. The first kappa shape index (κ1) is 25.2. The molecule has 182 valence electrons. The Bertz CT molecular complexity index is 1010. The molecule has 2 unspecified atom stereocenters. The molecule has 0 bridgehead atoms. The number of fused-ring (bicyclic) bond motifs is 3. The van der Waals surface area contributed by atoms with Crippen LogP contribution < -0.4 is 10.6 Å². The summed E-state index contributed by atoms with van der Waals surface area (Å²) in [6, 6.07) is 14.5. The molecular weight excluding hydrogens is 436 g/mol. The number of nitrogens with one attached hydrogen (secondary N) is 2. The molecule has 2 atom stereocenters. The third-order valence-corrected chi connectivity index (χ3v) is 6.07. The lowest BCUT2D eigenvalue weighted by Crippen LogP contribution is -2.52. The number of methoxy groups -OCH3 is 1. The van der Waals surface area contributed by atoms with Gasteiger partial charge in [0.1, 0.15) is 12.6 Å². The van der Waals surface area contributed by atoms with E-state index in [0.717, 1.165) is 22.3 Å². The van der Waals surface area contributed by atoms with E-state index in [2.05, 4.69) is 22.8 Å². The summed E-state index contributed by atoms with van der Waals surface area (Å²) in [5, 5.41) is 14.2. The number of carbonyl (C=O) groups is 3. The molecule has 0 fully saturated rings. The molecule has 0 saturated carbocycles. The van der Waals surface area contributed by atoms with E-state index in [9.17, 15) is 14.4 Å². The number of alkyl carbamates (subject to hydrolysis) is 1. The maximum Gasteiger partial charge on any atom is 0.407 e. The summed E-state index contributed by atoms with van der Waals surface area (Å²) in [6.07, 6.45) is -0.768. The Kier molecular flexibility index (Phi) is 7.94. The summed E-state index contributed by atoms with van der Waals surface area (Å²) in [7, 11) is 1.52. The predicted molar refractivity (Wildman–Crippen MR) is 128 cm³/mol. The van der Waals surface area contributed by atoms with E-state index in [-0.39, 0.29) is 25.4 Å². The Morgan fingerprint density at radius 1 is 1.00 bits per heavy atom. The summed E-state index contributed by atoms with van der Waals surface area (Å²) >= 11 is 0. The molecule has 2 amide bonds. The van der Waals surface area contributed by atoms with Gasteiger partial charge in [0.05, 0.1) is 12.0 Å². The van der Waals surface area contributed by atoms with Gasteiger partial charge < -0.3 is 25.2 Å². The zero-order chi connectivity index (χ0) is 24.9. The molecule has 0 spiro atoms. The van der Waals surface area contributed by atoms with Crippen LogP contribution in [0.3, 0.4) is 0 Å². The molecule has 8 heteroatoms. The fraction of sp³-hybridized carbons (Fsp3) is 0.423. The van der Waals surface area contributed by atoms with Crippen molar-refractivity contribution in [1.82, 2.24) is 10.6 Å². The predicted octanol–water partition coefficient (Wildman–Crippen LogP) is 3.69. The number of ether oxygens (including phenoxy) is 2. The molecule has 3 rings (SSSR count). The number of aliphatic carboxylic acids is 1. The fourth-order valence-corrected chi connectivity index (χ4v) is 4.22. The lowest BCUT2D eigenvalue weighted by molar-refractivity contribution is -0.137. The van der Waals surface area contributed by atoms with Gasteiger partial charge in [0.25, 0.3) is 0 Å². The molecular formula is C26H32N2O6. The largest absolute Gasteiger partial charge is 0.481 e. The Morgan fingerprint density at radius 3 is 2.09 bits per heavy atom. The van der Waals surface area contributed by atoms with Crippen molar-refractivity contribution >= 4 is 18.0 Å². The average molecular weight is 469 g/mol. The number of hydrogen-bond donors (Lipinski definition) is 3. The Hall–Kier alpha value is -3.39. The first-order valence-electron chi connectivity index (χ1n) is 11.3. The lowest BCUT2D eigenvalue weighted by Gasteiger charge is -2.29. The summed E-state index contributed by atoms with van der Waals surface area (Å²) in [6.45, 7) is 5.32. The van der Waals surface area contributed by atoms with Crippen molar-refractivity contribution in [3.63, 3.8) is 0 Å². The van der Waals surface area contributed by atoms with Crippen LogP contribution in [0.4, 0.5) is 4.79 Å². The van der Waals surface area contributed by atoms with Crippen LogP contribution in [0.5, 0.6) is 0 Å². The normalized spacial score (nSPS) is 14.5. The lowest BCUT2D eigenvalue weighted by atomic mass is 9.97. The van der Waals surface area contributed by atoms with E-state index < -0.39 is 35.7 Å². The highest BCUT2D eigenvalue weighted by Crippen LogP contribution is 2.44. The molecule has 0 heterocycles. The molecule has 3 N–H and O–H groups in total. The molecule has 2 aromatic carbocycles. The van der Waals surface area contributed by atoms with Gasteiger partial charge in [-0.25, -0.2) is 4.79 Å². The molecule has 0 saturated heterocycles. The van der Waals surface area contributed by atoms with Gasteiger partial charge in [0, 0.05) is 25.5 Å². The summed E-state index contributed by atoms with van der Waals surface area (Å²) in [5.74, 6) is -1.62. The molecule has 0 aliphatic heterocycles. The van der Waals surface area contributed by atoms with Gasteiger partial charge in [0.15, 0.2) is 0 Å². The Balaban J connectivity index is 1.68. The van der Waals surface area contributed by atoms with Gasteiger partial charge in [-0.05, 0) is 43.0 Å². The van der Waals surface area contributed by atoms with Crippen LogP contribution in [0, 0.1) is 0 Å². The molecule has 0 radical (unpaired) electrons. The van der Waals surface area contributed by atoms with Crippen LogP contribution in [0.25, 0.3) is 11.1 Å². The first-order chi connectivity index (χ1) is 16.1. The number of carbonyl (C=O) groups excluding carboxylic acids is 2. The zero-order valence-corrected chi connectivity index (χ0v) is 20.0. The number of amides is 2. The fourth-order valence-electron chi connectivity index (χ4n) is 4.22. The monoisotopic (exact) mass is 468 g/mol. The minimum atomic E-state index is -1.02. The number of carboxylic acids is 1. The van der Waals surface area contributed by atoms with Gasteiger partial charge in [-0.2, -0.15) is 0 Å². The third kappa shape index (κ3) is 6.14. The van der Waals surface area contributed by atoms with E-state index in [0.29, 0.717) is 0 Å². The molecule has 0 aromatic heterocycles. The van der Waals surface area contributed by atoms with Gasteiger partial charge in [-0.1, -0.05) is 48.5 Å². The summed E-state index contributed by atoms with van der Waals surface area (Å²) in [4.78, 5) is 36.5. The smallest absolute Gasteiger partial charge is 0.407 e. The topological polar surface area (TPSA) is 114 Å². The second kappa shape index (κ2) is 10.7. The van der Waals surface area contributed by atoms with Gasteiger partial charge >= 0.3 is 12.1 Å². The van der Waals surface area contributed by atoms with Crippen LogP contribution in [0.1, 0.15) is 50.7 Å². The van der Waals surface area contributed by atoms with Crippen LogP contribution in [-0.2, 0) is 19.1 Å². The van der Waals surface area contributed by atoms with Crippen molar-refractivity contribution in [3.8, 4) is 11.1 Å². The van der Waals surface area contributed by atoms with Crippen molar-refractivity contribution in [2.24, 2.45) is 0 Å². The van der Waals surface area contributed by atoms with Crippen molar-refractivity contribution in [2.75, 3.05) is 13.7 Å². The number of rotatable bonds is 10. The second-order valence-electron chi connectivity index (χ2n) is 9.20. The standard InChI is InChI=1S/C26H32N2O6/c1-16(13-23(29)30)27-24(31)22(14-26(2,3)33-4)28-25(32)34-15-21-19-11-7-5-9-17(19)18-10-6-8-12-20(18)21/h5-12,16,21-22H,13-15H2,1-4H3,(H,27,31)(H,28,32)(H,29,30). The van der Waals surface area contributed by atoms with Crippen LogP contribution in [0.15, 0.2) is 48.5 Å². The minimum absolute atomic E-state index is 0.101. The van der Waals surface area contributed by atoms with Crippen molar-refractivity contribution in [1.29, 1.82) is 0 Å². The maximum atomic E-state index is 12.8. The first-order valence-corrected chi connectivity index (χ1v) is 11.3. The SMILES string of the molecule is COC(C)(C)CC(NC(=O)OCC1c2ccccc2-c2ccccc21)C(=O)NC(C)CC(=O)O. The van der Waals surface area contributed by atoms with Gasteiger partial charge in [-0.15, -0.1) is 0 Å². The molecule has 2 aromatic rings. The highest BCUT2D eigenvalue weighted by atomic mass is 16.5. The molecule has 1 aliphatic carbocycles. The quantitative estimate of drug-likeness (QED) is 0.490. The van der Waals surface area contributed by atoms with Crippen LogP contribution in [-0.4, -0.2) is 54.5 Å². The third-order valence-electron chi connectivity index (χ3n) is 6.07. The average Bonchev–Trinajstić information content (AvgIpc) is 3.10. The zero-order valence-electron chi connectivity index (χ0n) is 20.0. The number of benzene rings is 2. The minimum Gasteiger partial charge on any atom is -0.481 e. The van der Waals surface area contributed by atoms with Crippen molar-refractivity contribution < 1.29 is 29.0 Å². The molecule has 8 nitrogen and oxygen atoms in total.